The zero-order valence-electron chi connectivity index (χ0n) is 10.3. The summed E-state index contributed by atoms with van der Waals surface area (Å²) < 4.78 is 32.1. The molecule has 2 rings (SSSR count). The molecule has 7 heteroatoms. The van der Waals surface area contributed by atoms with Crippen molar-refractivity contribution in [2.45, 2.75) is 36.8 Å². The molecule has 1 aliphatic rings. The second-order valence-corrected chi connectivity index (χ2v) is 4.68. The van der Waals surface area contributed by atoms with Gasteiger partial charge in [-0.25, -0.2) is 4.79 Å². The molecule has 0 aromatic heterocycles. The van der Waals surface area contributed by atoms with Crippen LogP contribution >= 0.6 is 0 Å². The molecule has 3 N–H and O–H groups in total. The van der Waals surface area contributed by atoms with Crippen molar-refractivity contribution in [3.63, 3.8) is 0 Å². The van der Waals surface area contributed by atoms with Crippen LogP contribution < -0.4 is 0 Å². The SMILES string of the molecule is O=C(O[C@@H]1[C@@H](O)[C@H](O)C[C@H](O)C1(F)F)c1ccccc1. The van der Waals surface area contributed by atoms with Crippen molar-refractivity contribution in [3.05, 3.63) is 35.9 Å². The minimum absolute atomic E-state index is 0.0325. The molecule has 1 saturated carbocycles. The van der Waals surface area contributed by atoms with E-state index in [0.29, 0.717) is 0 Å². The molecule has 1 fully saturated rings. The molecule has 0 amide bonds. The van der Waals surface area contributed by atoms with Crippen molar-refractivity contribution in [1.29, 1.82) is 0 Å². The number of hydrogen-bond donors (Lipinski definition) is 3. The second kappa shape index (κ2) is 5.43. The number of esters is 1. The lowest BCUT2D eigenvalue weighted by molar-refractivity contribution is -0.251. The Hall–Kier alpha value is -1.57. The summed E-state index contributed by atoms with van der Waals surface area (Å²) >= 11 is 0. The molecule has 0 spiro atoms. The topological polar surface area (TPSA) is 87.0 Å². The van der Waals surface area contributed by atoms with Crippen molar-refractivity contribution in [3.8, 4) is 0 Å². The summed E-state index contributed by atoms with van der Waals surface area (Å²) in [5, 5.41) is 28.2. The molecular weight excluding hydrogens is 274 g/mol. The molecule has 1 aromatic rings. The molecule has 110 valence electrons. The van der Waals surface area contributed by atoms with Gasteiger partial charge in [0.1, 0.15) is 12.2 Å². The Labute approximate surface area is 113 Å². The number of rotatable bonds is 2. The molecule has 5 nitrogen and oxygen atoms in total. The highest BCUT2D eigenvalue weighted by Gasteiger charge is 2.58. The van der Waals surface area contributed by atoms with Gasteiger partial charge in [-0.2, -0.15) is 8.78 Å². The van der Waals surface area contributed by atoms with Crippen LogP contribution in [0.1, 0.15) is 16.8 Å². The lowest BCUT2D eigenvalue weighted by Gasteiger charge is -2.40. The van der Waals surface area contributed by atoms with E-state index in [1.54, 1.807) is 6.07 Å². The van der Waals surface area contributed by atoms with Gasteiger partial charge in [-0.1, -0.05) is 18.2 Å². The van der Waals surface area contributed by atoms with Crippen LogP contribution in [0.5, 0.6) is 0 Å². The summed E-state index contributed by atoms with van der Waals surface area (Å²) in [5.41, 5.74) is 0.0325. The number of benzene rings is 1. The summed E-state index contributed by atoms with van der Waals surface area (Å²) in [6.07, 6.45) is -8.71. The second-order valence-electron chi connectivity index (χ2n) is 4.68. The van der Waals surface area contributed by atoms with Gasteiger partial charge in [0.2, 0.25) is 0 Å². The molecule has 0 saturated heterocycles. The Morgan fingerprint density at radius 2 is 1.80 bits per heavy atom. The number of halogens is 2. The van der Waals surface area contributed by atoms with Gasteiger partial charge in [0.15, 0.2) is 6.10 Å². The number of hydrogen-bond acceptors (Lipinski definition) is 5. The Balaban J connectivity index is 2.19. The number of ether oxygens (including phenoxy) is 1. The van der Waals surface area contributed by atoms with Crippen LogP contribution in [0.4, 0.5) is 8.78 Å². The van der Waals surface area contributed by atoms with Crippen LogP contribution in [0, 0.1) is 0 Å². The summed E-state index contributed by atoms with van der Waals surface area (Å²) in [5.74, 6) is -4.89. The van der Waals surface area contributed by atoms with Crippen LogP contribution in [0.2, 0.25) is 0 Å². The maximum absolute atomic E-state index is 13.8. The molecule has 0 heterocycles. The number of alkyl halides is 2. The Morgan fingerprint density at radius 3 is 2.40 bits per heavy atom. The summed E-state index contributed by atoms with van der Waals surface area (Å²) in [6, 6.07) is 7.41. The van der Waals surface area contributed by atoms with Gasteiger partial charge < -0.3 is 20.1 Å². The van der Waals surface area contributed by atoms with Gasteiger partial charge in [-0.05, 0) is 12.1 Å². The predicted octanol–water partition coefficient (Wildman–Crippen LogP) is 0.334. The van der Waals surface area contributed by atoms with Gasteiger partial charge in [0, 0.05) is 6.42 Å². The quantitative estimate of drug-likeness (QED) is 0.683. The van der Waals surface area contributed by atoms with Crippen molar-refractivity contribution >= 4 is 5.97 Å². The van der Waals surface area contributed by atoms with Crippen LogP contribution in [-0.4, -0.2) is 51.6 Å². The highest BCUT2D eigenvalue weighted by Crippen LogP contribution is 2.36. The van der Waals surface area contributed by atoms with Gasteiger partial charge in [0.25, 0.3) is 0 Å². The van der Waals surface area contributed by atoms with Crippen molar-refractivity contribution in [2.24, 2.45) is 0 Å². The average Bonchev–Trinajstić information content (AvgIpc) is 2.43. The summed E-state index contributed by atoms with van der Waals surface area (Å²) in [4.78, 5) is 11.7. The number of carbonyl (C=O) groups is 1. The lowest BCUT2D eigenvalue weighted by atomic mass is 9.86. The first-order valence-corrected chi connectivity index (χ1v) is 6.02. The van der Waals surface area contributed by atoms with E-state index in [-0.39, 0.29) is 5.56 Å². The van der Waals surface area contributed by atoms with Crippen molar-refractivity contribution in [2.75, 3.05) is 0 Å². The van der Waals surface area contributed by atoms with Gasteiger partial charge in [-0.15, -0.1) is 0 Å². The zero-order valence-corrected chi connectivity index (χ0v) is 10.3. The number of carbonyl (C=O) groups excluding carboxylic acids is 1. The van der Waals surface area contributed by atoms with E-state index in [1.165, 1.54) is 24.3 Å². The first-order chi connectivity index (χ1) is 9.34. The Kier molecular flexibility index (Phi) is 4.03. The fourth-order valence-corrected chi connectivity index (χ4v) is 2.05. The molecule has 20 heavy (non-hydrogen) atoms. The largest absolute Gasteiger partial charge is 0.449 e. The first-order valence-electron chi connectivity index (χ1n) is 6.02. The minimum atomic E-state index is -3.83. The van der Waals surface area contributed by atoms with E-state index in [2.05, 4.69) is 4.74 Å². The summed E-state index contributed by atoms with van der Waals surface area (Å²) in [7, 11) is 0. The molecule has 0 radical (unpaired) electrons. The monoisotopic (exact) mass is 288 g/mol. The third-order valence-electron chi connectivity index (χ3n) is 3.24. The first kappa shape index (κ1) is 14.8. The molecule has 0 unspecified atom stereocenters. The van der Waals surface area contributed by atoms with E-state index in [9.17, 15) is 28.9 Å². The summed E-state index contributed by atoms with van der Waals surface area (Å²) in [6.45, 7) is 0. The molecule has 1 aliphatic carbocycles. The third-order valence-corrected chi connectivity index (χ3v) is 3.24. The highest BCUT2D eigenvalue weighted by molar-refractivity contribution is 5.89. The van der Waals surface area contributed by atoms with E-state index < -0.39 is 42.7 Å². The van der Waals surface area contributed by atoms with Gasteiger partial charge in [0.05, 0.1) is 11.7 Å². The van der Waals surface area contributed by atoms with Crippen LogP contribution in [0.25, 0.3) is 0 Å². The third kappa shape index (κ3) is 2.65. The molecule has 1 aromatic carbocycles. The fourth-order valence-electron chi connectivity index (χ4n) is 2.05. The van der Waals surface area contributed by atoms with E-state index in [1.807, 2.05) is 0 Å². The van der Waals surface area contributed by atoms with E-state index in [4.69, 9.17) is 0 Å². The normalized spacial score (nSPS) is 32.6. The van der Waals surface area contributed by atoms with Crippen LogP contribution in [0.3, 0.4) is 0 Å². The number of aliphatic hydroxyl groups is 3. The van der Waals surface area contributed by atoms with Crippen LogP contribution in [0.15, 0.2) is 30.3 Å². The van der Waals surface area contributed by atoms with Gasteiger partial charge >= 0.3 is 11.9 Å². The Morgan fingerprint density at radius 1 is 1.20 bits per heavy atom. The van der Waals surface area contributed by atoms with Crippen LogP contribution in [-0.2, 0) is 4.74 Å². The maximum atomic E-state index is 13.8. The van der Waals surface area contributed by atoms with Gasteiger partial charge in [-0.3, -0.25) is 0 Å². The van der Waals surface area contributed by atoms with Crippen molar-refractivity contribution < 1.29 is 33.6 Å². The molecule has 0 aliphatic heterocycles. The van der Waals surface area contributed by atoms with E-state index in [0.717, 1.165) is 0 Å². The van der Waals surface area contributed by atoms with E-state index >= 15 is 0 Å². The average molecular weight is 288 g/mol. The standard InChI is InChI=1S/C13H14F2O5/c14-13(15)9(17)6-8(16)10(18)11(13)20-12(19)7-4-2-1-3-5-7/h1-5,8-11,16-18H,6H2/t8-,9+,10+,11-/m1/s1. The molecular formula is C13H14F2O5. The maximum Gasteiger partial charge on any atom is 0.338 e. The lowest BCUT2D eigenvalue weighted by Crippen LogP contribution is -2.61. The van der Waals surface area contributed by atoms with Crippen molar-refractivity contribution in [1.82, 2.24) is 0 Å². The zero-order chi connectivity index (χ0) is 14.9. The number of aliphatic hydroxyl groups excluding tert-OH is 3. The Bertz CT molecular complexity index is 479. The smallest absolute Gasteiger partial charge is 0.338 e. The highest BCUT2D eigenvalue weighted by atomic mass is 19.3. The fraction of sp³-hybridized carbons (Fsp3) is 0.462. The molecule has 0 bridgehead atoms. The predicted molar refractivity (Wildman–Crippen MR) is 63.2 cm³/mol. The minimum Gasteiger partial charge on any atom is -0.449 e. The molecule has 4 atom stereocenters.